The van der Waals surface area contributed by atoms with Gasteiger partial charge in [-0.2, -0.15) is 14.5 Å². The minimum Gasteiger partial charge on any atom is -0.495 e. The quantitative estimate of drug-likeness (QED) is 0.410. The molecule has 4 aromatic rings. The topological polar surface area (TPSA) is 86.3 Å². The number of rotatable bonds is 2. The molecule has 0 atom stereocenters. The summed E-state index contributed by atoms with van der Waals surface area (Å²) in [5.41, 5.74) is -0.684. The SMILES string of the molecule is COc1ccc(-n2ncc3c(c(=O)c4ccc(Cl)cc4n3O)c2=O)cc1Cl. The molecule has 27 heavy (non-hydrogen) atoms. The Morgan fingerprint density at radius 3 is 2.56 bits per heavy atom. The first-order valence-corrected chi connectivity index (χ1v) is 8.47. The average molecular weight is 404 g/mol. The Kier molecular flexibility index (Phi) is 4.05. The van der Waals surface area contributed by atoms with Crippen LogP contribution >= 0.6 is 23.2 Å². The van der Waals surface area contributed by atoms with Gasteiger partial charge in [-0.25, -0.2) is 0 Å². The van der Waals surface area contributed by atoms with Gasteiger partial charge in [0.15, 0.2) is 0 Å². The summed E-state index contributed by atoms with van der Waals surface area (Å²) in [6, 6.07) is 9.08. The number of hydrogen-bond donors (Lipinski definition) is 1. The van der Waals surface area contributed by atoms with Crippen LogP contribution in [0.1, 0.15) is 0 Å². The highest BCUT2D eigenvalue weighted by Crippen LogP contribution is 2.26. The average Bonchev–Trinajstić information content (AvgIpc) is 2.65. The maximum absolute atomic E-state index is 13.0. The van der Waals surface area contributed by atoms with Gasteiger partial charge in [0, 0.05) is 5.02 Å². The third-order valence-electron chi connectivity index (χ3n) is 4.23. The first kappa shape index (κ1) is 17.4. The van der Waals surface area contributed by atoms with E-state index < -0.39 is 11.0 Å². The zero-order chi connectivity index (χ0) is 19.3. The van der Waals surface area contributed by atoms with Gasteiger partial charge in [0.25, 0.3) is 5.56 Å². The zero-order valence-electron chi connectivity index (χ0n) is 13.8. The molecule has 0 amide bonds. The molecule has 0 aliphatic rings. The van der Waals surface area contributed by atoms with E-state index in [9.17, 15) is 14.8 Å². The lowest BCUT2D eigenvalue weighted by molar-refractivity contribution is 0.211. The first-order valence-electron chi connectivity index (χ1n) is 7.72. The highest BCUT2D eigenvalue weighted by Gasteiger charge is 2.17. The molecule has 136 valence electrons. The van der Waals surface area contributed by atoms with E-state index in [1.54, 1.807) is 12.1 Å². The van der Waals surface area contributed by atoms with Crippen LogP contribution in [0.3, 0.4) is 0 Å². The summed E-state index contributed by atoms with van der Waals surface area (Å²) in [4.78, 5) is 25.8. The van der Waals surface area contributed by atoms with Gasteiger partial charge in [-0.15, -0.1) is 0 Å². The van der Waals surface area contributed by atoms with E-state index in [4.69, 9.17) is 27.9 Å². The summed E-state index contributed by atoms with van der Waals surface area (Å²) in [5, 5.41) is 15.1. The smallest absolute Gasteiger partial charge is 0.285 e. The fraction of sp³-hybridized carbons (Fsp3) is 0.0556. The van der Waals surface area contributed by atoms with Gasteiger partial charge in [0.2, 0.25) is 5.43 Å². The number of pyridine rings is 1. The van der Waals surface area contributed by atoms with Gasteiger partial charge < -0.3 is 9.94 Å². The largest absolute Gasteiger partial charge is 0.495 e. The lowest BCUT2D eigenvalue weighted by atomic mass is 10.1. The minimum absolute atomic E-state index is 0.0179. The van der Waals surface area contributed by atoms with Crippen LogP contribution in [0.15, 0.2) is 52.2 Å². The maximum Gasteiger partial charge on any atom is 0.285 e. The van der Waals surface area contributed by atoms with Crippen LogP contribution in [0.4, 0.5) is 0 Å². The summed E-state index contributed by atoms with van der Waals surface area (Å²) in [5.74, 6) is 0.440. The van der Waals surface area contributed by atoms with Gasteiger partial charge in [-0.3, -0.25) is 9.59 Å². The van der Waals surface area contributed by atoms with E-state index in [1.807, 2.05) is 0 Å². The number of benzene rings is 2. The third-order valence-corrected chi connectivity index (χ3v) is 4.76. The standard InChI is InChI=1S/C18H11Cl2N3O4/c1-27-15-5-3-10(7-12(15)20)22-18(25)16-14(8-21-22)23(26)13-6-9(19)2-4-11(13)17(16)24/h2-8,26H,1H3. The van der Waals surface area contributed by atoms with Crippen molar-refractivity contribution in [2.75, 3.05) is 7.11 Å². The van der Waals surface area contributed by atoms with Crippen molar-refractivity contribution in [3.8, 4) is 11.4 Å². The van der Waals surface area contributed by atoms with Crippen LogP contribution in [-0.4, -0.2) is 26.8 Å². The van der Waals surface area contributed by atoms with Crippen LogP contribution < -0.4 is 15.7 Å². The Bertz CT molecular complexity index is 1340. The molecule has 0 unspecified atom stereocenters. The van der Waals surface area contributed by atoms with Crippen LogP contribution in [0.2, 0.25) is 10.0 Å². The van der Waals surface area contributed by atoms with Crippen molar-refractivity contribution in [2.45, 2.75) is 0 Å². The Hall–Kier alpha value is -3.03. The van der Waals surface area contributed by atoms with Gasteiger partial charge in [0.05, 0.1) is 34.9 Å². The second-order valence-corrected chi connectivity index (χ2v) is 6.59. The molecule has 4 rings (SSSR count). The second-order valence-electron chi connectivity index (χ2n) is 5.74. The van der Waals surface area contributed by atoms with Gasteiger partial charge in [0.1, 0.15) is 16.7 Å². The van der Waals surface area contributed by atoms with Crippen LogP contribution in [0.25, 0.3) is 27.5 Å². The lowest BCUT2D eigenvalue weighted by Gasteiger charge is -2.11. The molecule has 0 saturated heterocycles. The number of aromatic nitrogens is 3. The van der Waals surface area contributed by atoms with Crippen molar-refractivity contribution in [2.24, 2.45) is 0 Å². The van der Waals surface area contributed by atoms with Crippen LogP contribution in [0, 0.1) is 0 Å². The Labute approximate surface area is 161 Å². The van der Waals surface area contributed by atoms with Crippen molar-refractivity contribution < 1.29 is 9.94 Å². The predicted octanol–water partition coefficient (Wildman–Crippen LogP) is 3.25. The van der Waals surface area contributed by atoms with Crippen molar-refractivity contribution in [3.05, 3.63) is 73.2 Å². The molecule has 0 radical (unpaired) electrons. The predicted molar refractivity (Wildman–Crippen MR) is 103 cm³/mol. The Morgan fingerprint density at radius 2 is 1.85 bits per heavy atom. The molecule has 2 aromatic carbocycles. The van der Waals surface area contributed by atoms with E-state index in [-0.39, 0.29) is 26.8 Å². The molecular weight excluding hydrogens is 393 g/mol. The van der Waals surface area contributed by atoms with Crippen molar-refractivity contribution in [1.29, 1.82) is 0 Å². The molecule has 0 spiro atoms. The fourth-order valence-corrected chi connectivity index (χ4v) is 3.34. The van der Waals surface area contributed by atoms with E-state index in [0.717, 1.165) is 9.41 Å². The molecule has 0 saturated carbocycles. The van der Waals surface area contributed by atoms with Gasteiger partial charge in [-0.1, -0.05) is 23.2 Å². The molecule has 0 bridgehead atoms. The molecule has 0 fully saturated rings. The van der Waals surface area contributed by atoms with Crippen molar-refractivity contribution in [1.82, 2.24) is 14.5 Å². The number of ether oxygens (including phenoxy) is 1. The maximum atomic E-state index is 13.0. The number of hydrogen-bond acceptors (Lipinski definition) is 5. The van der Waals surface area contributed by atoms with E-state index >= 15 is 0 Å². The van der Waals surface area contributed by atoms with Crippen molar-refractivity contribution >= 4 is 45.0 Å². The van der Waals surface area contributed by atoms with Crippen LogP contribution in [-0.2, 0) is 0 Å². The van der Waals surface area contributed by atoms with E-state index in [0.29, 0.717) is 16.5 Å². The highest BCUT2D eigenvalue weighted by molar-refractivity contribution is 6.32. The number of methoxy groups -OCH3 is 1. The minimum atomic E-state index is -0.682. The van der Waals surface area contributed by atoms with Crippen molar-refractivity contribution in [3.63, 3.8) is 0 Å². The summed E-state index contributed by atoms with van der Waals surface area (Å²) in [6.07, 6.45) is 1.23. The summed E-state index contributed by atoms with van der Waals surface area (Å²) < 4.78 is 6.86. The zero-order valence-corrected chi connectivity index (χ0v) is 15.3. The monoisotopic (exact) mass is 403 g/mol. The molecular formula is C18H11Cl2N3O4. The third kappa shape index (κ3) is 2.63. The second kappa shape index (κ2) is 6.29. The first-order chi connectivity index (χ1) is 12.9. The summed E-state index contributed by atoms with van der Waals surface area (Å²) in [6.45, 7) is 0. The Morgan fingerprint density at radius 1 is 1.07 bits per heavy atom. The number of nitrogens with zero attached hydrogens (tertiary/aromatic N) is 3. The highest BCUT2D eigenvalue weighted by atomic mass is 35.5. The molecule has 7 nitrogen and oxygen atoms in total. The normalized spacial score (nSPS) is 11.2. The summed E-state index contributed by atoms with van der Waals surface area (Å²) >= 11 is 12.1. The molecule has 2 heterocycles. The van der Waals surface area contributed by atoms with Gasteiger partial charge in [-0.05, 0) is 36.4 Å². The molecule has 0 aliphatic carbocycles. The lowest BCUT2D eigenvalue weighted by Crippen LogP contribution is -2.27. The molecule has 2 aromatic heterocycles. The fourth-order valence-electron chi connectivity index (χ4n) is 2.93. The Balaban J connectivity index is 2.08. The molecule has 9 heteroatoms. The molecule has 0 aliphatic heterocycles. The van der Waals surface area contributed by atoms with Gasteiger partial charge >= 0.3 is 0 Å². The summed E-state index contributed by atoms with van der Waals surface area (Å²) in [7, 11) is 1.47. The number of fused-ring (bicyclic) bond motifs is 2. The molecule has 1 N–H and O–H groups in total. The number of halogens is 2. The van der Waals surface area contributed by atoms with Crippen LogP contribution in [0.5, 0.6) is 5.75 Å². The van der Waals surface area contributed by atoms with E-state index in [1.165, 1.54) is 37.6 Å². The van der Waals surface area contributed by atoms with E-state index in [2.05, 4.69) is 5.10 Å².